The SMILES string of the molecule is CC(=O)NS(=O)(=O)c1ncccc1F. The van der Waals surface area contributed by atoms with E-state index in [1.165, 1.54) is 6.07 Å². The summed E-state index contributed by atoms with van der Waals surface area (Å²) in [6, 6.07) is 2.20. The van der Waals surface area contributed by atoms with Crippen LogP contribution >= 0.6 is 0 Å². The smallest absolute Gasteiger partial charge is 0.274 e. The van der Waals surface area contributed by atoms with Crippen molar-refractivity contribution in [3.63, 3.8) is 0 Å². The van der Waals surface area contributed by atoms with Crippen molar-refractivity contribution in [2.75, 3.05) is 0 Å². The van der Waals surface area contributed by atoms with Crippen LogP contribution in [0.15, 0.2) is 23.4 Å². The Morgan fingerprint density at radius 1 is 1.57 bits per heavy atom. The molecular formula is C7H7FN2O3S. The van der Waals surface area contributed by atoms with Gasteiger partial charge in [-0.05, 0) is 12.1 Å². The van der Waals surface area contributed by atoms with Gasteiger partial charge in [-0.2, -0.15) is 8.42 Å². The van der Waals surface area contributed by atoms with Crippen LogP contribution in [0.1, 0.15) is 6.92 Å². The summed E-state index contributed by atoms with van der Waals surface area (Å²) in [5.41, 5.74) is 0. The molecule has 14 heavy (non-hydrogen) atoms. The van der Waals surface area contributed by atoms with E-state index in [1.54, 1.807) is 4.72 Å². The summed E-state index contributed by atoms with van der Waals surface area (Å²) in [6.45, 7) is 1.01. The van der Waals surface area contributed by atoms with Crippen LogP contribution in [0.3, 0.4) is 0 Å². The third-order valence-electron chi connectivity index (χ3n) is 1.26. The largest absolute Gasteiger partial charge is 0.284 e. The van der Waals surface area contributed by atoms with Gasteiger partial charge in [-0.25, -0.2) is 14.1 Å². The summed E-state index contributed by atoms with van der Waals surface area (Å²) in [5, 5.41) is -0.782. The topological polar surface area (TPSA) is 76.1 Å². The highest BCUT2D eigenvalue weighted by Crippen LogP contribution is 2.09. The number of hydrogen-bond donors (Lipinski definition) is 1. The van der Waals surface area contributed by atoms with Gasteiger partial charge in [0, 0.05) is 13.1 Å². The number of carbonyl (C=O) groups is 1. The molecule has 1 heterocycles. The first-order valence-corrected chi connectivity index (χ1v) is 5.05. The lowest BCUT2D eigenvalue weighted by molar-refractivity contribution is -0.117. The number of halogens is 1. The Morgan fingerprint density at radius 3 is 2.71 bits per heavy atom. The van der Waals surface area contributed by atoms with Crippen LogP contribution in [0.4, 0.5) is 4.39 Å². The van der Waals surface area contributed by atoms with Crippen molar-refractivity contribution in [3.8, 4) is 0 Å². The predicted octanol–water partition coefficient (Wildman–Crippen LogP) is 0.0455. The van der Waals surface area contributed by atoms with E-state index in [0.717, 1.165) is 19.2 Å². The Kier molecular flexibility index (Phi) is 2.80. The number of nitrogens with zero attached hydrogens (tertiary/aromatic N) is 1. The molecule has 0 spiro atoms. The van der Waals surface area contributed by atoms with Crippen LogP contribution in [-0.2, 0) is 14.8 Å². The van der Waals surface area contributed by atoms with E-state index in [1.807, 2.05) is 0 Å². The second-order valence-corrected chi connectivity index (χ2v) is 4.05. The molecule has 7 heteroatoms. The molecular weight excluding hydrogens is 211 g/mol. The van der Waals surface area contributed by atoms with Crippen LogP contribution in [-0.4, -0.2) is 19.3 Å². The molecule has 0 fully saturated rings. The molecule has 1 N–H and O–H groups in total. The van der Waals surface area contributed by atoms with Crippen molar-refractivity contribution in [1.82, 2.24) is 9.71 Å². The van der Waals surface area contributed by atoms with Gasteiger partial charge in [-0.3, -0.25) is 4.79 Å². The minimum Gasteiger partial charge on any atom is -0.274 e. The fraction of sp³-hybridized carbons (Fsp3) is 0.143. The van der Waals surface area contributed by atoms with Crippen LogP contribution in [0.5, 0.6) is 0 Å². The number of hydrogen-bond acceptors (Lipinski definition) is 4. The molecule has 0 saturated carbocycles. The molecule has 1 aromatic heterocycles. The minimum atomic E-state index is -4.18. The molecule has 0 unspecified atom stereocenters. The first-order chi connectivity index (χ1) is 6.43. The summed E-state index contributed by atoms with van der Waals surface area (Å²) >= 11 is 0. The highest BCUT2D eigenvalue weighted by Gasteiger charge is 2.20. The van der Waals surface area contributed by atoms with Gasteiger partial charge in [0.05, 0.1) is 0 Å². The van der Waals surface area contributed by atoms with Gasteiger partial charge in [0.25, 0.3) is 10.0 Å². The summed E-state index contributed by atoms with van der Waals surface area (Å²) < 4.78 is 37.0. The summed E-state index contributed by atoms with van der Waals surface area (Å²) in [6.07, 6.45) is 1.12. The van der Waals surface area contributed by atoms with Crippen molar-refractivity contribution in [1.29, 1.82) is 0 Å². The normalized spacial score (nSPS) is 11.0. The third kappa shape index (κ3) is 2.25. The van der Waals surface area contributed by atoms with E-state index < -0.39 is 26.8 Å². The molecule has 1 rings (SSSR count). The maximum atomic E-state index is 12.9. The zero-order valence-electron chi connectivity index (χ0n) is 7.19. The highest BCUT2D eigenvalue weighted by atomic mass is 32.2. The molecule has 1 aromatic rings. The van der Waals surface area contributed by atoms with Gasteiger partial charge in [0.1, 0.15) is 0 Å². The van der Waals surface area contributed by atoms with Gasteiger partial charge >= 0.3 is 0 Å². The minimum absolute atomic E-state index is 0.782. The Hall–Kier alpha value is -1.50. The van der Waals surface area contributed by atoms with E-state index in [-0.39, 0.29) is 0 Å². The fourth-order valence-corrected chi connectivity index (χ4v) is 1.81. The molecule has 0 aliphatic carbocycles. The van der Waals surface area contributed by atoms with Crippen molar-refractivity contribution < 1.29 is 17.6 Å². The zero-order chi connectivity index (χ0) is 10.8. The van der Waals surface area contributed by atoms with Crippen molar-refractivity contribution in [2.45, 2.75) is 11.9 Å². The maximum absolute atomic E-state index is 12.9. The molecule has 5 nitrogen and oxygen atoms in total. The maximum Gasteiger partial charge on any atom is 0.284 e. The lowest BCUT2D eigenvalue weighted by Crippen LogP contribution is -2.29. The quantitative estimate of drug-likeness (QED) is 0.760. The summed E-state index contributed by atoms with van der Waals surface area (Å²) in [7, 11) is -4.18. The number of pyridine rings is 1. The Morgan fingerprint density at radius 2 is 2.21 bits per heavy atom. The Bertz CT molecular complexity index is 458. The Labute approximate surface area is 80.0 Å². The monoisotopic (exact) mass is 218 g/mol. The predicted molar refractivity (Wildman–Crippen MR) is 45.2 cm³/mol. The average molecular weight is 218 g/mol. The summed E-state index contributed by atoms with van der Waals surface area (Å²) in [4.78, 5) is 13.8. The van der Waals surface area contributed by atoms with Crippen LogP contribution < -0.4 is 4.72 Å². The molecule has 0 atom stereocenters. The van der Waals surface area contributed by atoms with E-state index in [4.69, 9.17) is 0 Å². The number of carbonyl (C=O) groups excluding carboxylic acids is 1. The second kappa shape index (κ2) is 3.70. The van der Waals surface area contributed by atoms with Crippen LogP contribution in [0.25, 0.3) is 0 Å². The number of aromatic nitrogens is 1. The number of sulfonamides is 1. The fourth-order valence-electron chi connectivity index (χ4n) is 0.807. The highest BCUT2D eigenvalue weighted by molar-refractivity contribution is 7.90. The molecule has 0 saturated heterocycles. The van der Waals surface area contributed by atoms with Crippen molar-refractivity contribution in [3.05, 3.63) is 24.1 Å². The molecule has 0 bridgehead atoms. The summed E-state index contributed by atoms with van der Waals surface area (Å²) in [5.74, 6) is -1.80. The lowest BCUT2D eigenvalue weighted by atomic mass is 10.5. The molecule has 0 radical (unpaired) electrons. The number of rotatable bonds is 2. The number of amides is 1. The van der Waals surface area contributed by atoms with Gasteiger partial charge in [-0.1, -0.05) is 0 Å². The first-order valence-electron chi connectivity index (χ1n) is 3.57. The molecule has 0 aliphatic rings. The molecule has 0 aliphatic heterocycles. The van der Waals surface area contributed by atoms with Crippen LogP contribution in [0, 0.1) is 5.82 Å². The van der Waals surface area contributed by atoms with Gasteiger partial charge in [-0.15, -0.1) is 0 Å². The van der Waals surface area contributed by atoms with E-state index >= 15 is 0 Å². The van der Waals surface area contributed by atoms with E-state index in [9.17, 15) is 17.6 Å². The first kappa shape index (κ1) is 10.6. The number of nitrogens with one attached hydrogen (secondary N) is 1. The van der Waals surface area contributed by atoms with Gasteiger partial charge in [0.2, 0.25) is 10.9 Å². The van der Waals surface area contributed by atoms with Crippen molar-refractivity contribution in [2.24, 2.45) is 0 Å². The second-order valence-electron chi connectivity index (χ2n) is 2.45. The zero-order valence-corrected chi connectivity index (χ0v) is 8.01. The van der Waals surface area contributed by atoms with Gasteiger partial charge < -0.3 is 0 Å². The van der Waals surface area contributed by atoms with Crippen molar-refractivity contribution >= 4 is 15.9 Å². The molecule has 0 aromatic carbocycles. The van der Waals surface area contributed by atoms with E-state index in [0.29, 0.717) is 0 Å². The lowest BCUT2D eigenvalue weighted by Gasteiger charge is -2.03. The van der Waals surface area contributed by atoms with Gasteiger partial charge in [0.15, 0.2) is 5.82 Å². The van der Waals surface area contributed by atoms with E-state index in [2.05, 4.69) is 4.98 Å². The third-order valence-corrected chi connectivity index (χ3v) is 2.62. The standard InChI is InChI=1S/C7H7FN2O3S/c1-5(11)10-14(12,13)7-6(8)3-2-4-9-7/h2-4H,1H3,(H,10,11). The Balaban J connectivity index is 3.17. The average Bonchev–Trinajstić information content (AvgIpc) is 2.02. The molecule has 76 valence electrons. The molecule has 1 amide bonds. The van der Waals surface area contributed by atoms with Crippen LogP contribution in [0.2, 0.25) is 0 Å².